The molecular formula is C20H24N6O4P+. The fourth-order valence-electron chi connectivity index (χ4n) is 4.20. The molecule has 1 saturated heterocycles. The van der Waals surface area contributed by atoms with Crippen LogP contribution in [0.2, 0.25) is 0 Å². The summed E-state index contributed by atoms with van der Waals surface area (Å²) in [4.78, 5) is 12.9. The number of rotatable bonds is 8. The molecule has 3 N–H and O–H groups in total. The molecule has 10 nitrogen and oxygen atoms in total. The molecule has 0 amide bonds. The van der Waals surface area contributed by atoms with Gasteiger partial charge in [0.05, 0.1) is 25.6 Å². The van der Waals surface area contributed by atoms with E-state index in [9.17, 15) is 4.57 Å². The summed E-state index contributed by atoms with van der Waals surface area (Å²) >= 11 is 0. The first-order valence-corrected chi connectivity index (χ1v) is 11.4. The molecule has 1 aliphatic heterocycles. The van der Waals surface area contributed by atoms with Crippen molar-refractivity contribution in [1.82, 2.24) is 24.6 Å². The second kappa shape index (κ2) is 8.12. The molecular weight excluding hydrogens is 419 g/mol. The summed E-state index contributed by atoms with van der Waals surface area (Å²) in [6.45, 7) is 4.90. The van der Waals surface area contributed by atoms with Crippen LogP contribution in [0.15, 0.2) is 36.7 Å². The van der Waals surface area contributed by atoms with Gasteiger partial charge in [-0.3, -0.25) is 4.57 Å². The smallest absolute Gasteiger partial charge is 0.476 e. The number of hydrogen-bond donors (Lipinski definition) is 2. The molecule has 0 radical (unpaired) electrons. The lowest BCUT2D eigenvalue weighted by atomic mass is 10.1. The normalized spacial score (nSPS) is 27.3. The molecule has 2 fully saturated rings. The van der Waals surface area contributed by atoms with Crippen molar-refractivity contribution in [3.05, 3.63) is 42.2 Å². The third kappa shape index (κ3) is 3.76. The average molecular weight is 443 g/mol. The van der Waals surface area contributed by atoms with Crippen LogP contribution in [-0.4, -0.2) is 38.3 Å². The first-order valence-electron chi connectivity index (χ1n) is 10.3. The predicted molar refractivity (Wildman–Crippen MR) is 113 cm³/mol. The van der Waals surface area contributed by atoms with Crippen LogP contribution in [0.4, 0.5) is 5.95 Å². The van der Waals surface area contributed by atoms with Crippen molar-refractivity contribution >= 4 is 25.3 Å². The Balaban J connectivity index is 1.23. The SMILES string of the molecule is CCOc1nc(N)nc2c1ncn2C1OC2C(O[P+](=O)NCc3ccccc3)C2C1C. The van der Waals surface area contributed by atoms with E-state index >= 15 is 0 Å². The van der Waals surface area contributed by atoms with Gasteiger partial charge in [0.2, 0.25) is 11.8 Å². The van der Waals surface area contributed by atoms with Crippen LogP contribution in [-0.2, 0) is 20.4 Å². The van der Waals surface area contributed by atoms with Gasteiger partial charge in [0, 0.05) is 11.8 Å². The van der Waals surface area contributed by atoms with E-state index in [1.54, 1.807) is 6.33 Å². The molecule has 3 heterocycles. The van der Waals surface area contributed by atoms with Gasteiger partial charge in [-0.1, -0.05) is 42.3 Å². The average Bonchev–Trinajstić information content (AvgIpc) is 3.07. The number of nitrogen functional groups attached to an aromatic ring is 1. The van der Waals surface area contributed by atoms with E-state index in [1.165, 1.54) is 0 Å². The van der Waals surface area contributed by atoms with Crippen LogP contribution in [0, 0.1) is 11.8 Å². The van der Waals surface area contributed by atoms with Crippen molar-refractivity contribution in [3.8, 4) is 5.88 Å². The number of fused-ring (bicyclic) bond motifs is 2. The van der Waals surface area contributed by atoms with Crippen LogP contribution in [0.1, 0.15) is 25.6 Å². The van der Waals surface area contributed by atoms with E-state index in [0.717, 1.165) is 5.56 Å². The van der Waals surface area contributed by atoms with Crippen molar-refractivity contribution in [2.75, 3.05) is 12.3 Å². The van der Waals surface area contributed by atoms with Crippen molar-refractivity contribution < 1.29 is 18.6 Å². The van der Waals surface area contributed by atoms with E-state index in [0.29, 0.717) is 30.2 Å². The van der Waals surface area contributed by atoms with Gasteiger partial charge >= 0.3 is 8.18 Å². The number of nitrogens with zero attached hydrogens (tertiary/aromatic N) is 4. The fourth-order valence-corrected chi connectivity index (χ4v) is 5.07. The number of ether oxygens (including phenoxy) is 2. The van der Waals surface area contributed by atoms with Gasteiger partial charge in [-0.05, 0) is 17.1 Å². The Morgan fingerprint density at radius 1 is 1.29 bits per heavy atom. The van der Waals surface area contributed by atoms with Gasteiger partial charge in [-0.2, -0.15) is 9.97 Å². The molecule has 6 unspecified atom stereocenters. The highest BCUT2D eigenvalue weighted by molar-refractivity contribution is 7.36. The number of benzene rings is 1. The Morgan fingerprint density at radius 2 is 2.10 bits per heavy atom. The first-order chi connectivity index (χ1) is 15.1. The number of nitrogens with two attached hydrogens (primary N) is 1. The summed E-state index contributed by atoms with van der Waals surface area (Å²) in [5.41, 5.74) is 8.03. The van der Waals surface area contributed by atoms with Gasteiger partial charge in [0.1, 0.15) is 12.3 Å². The lowest BCUT2D eigenvalue weighted by Gasteiger charge is -2.21. The summed E-state index contributed by atoms with van der Waals surface area (Å²) in [6, 6.07) is 9.78. The number of aromatic nitrogens is 4. The summed E-state index contributed by atoms with van der Waals surface area (Å²) in [7, 11) is -1.98. The van der Waals surface area contributed by atoms with Crippen LogP contribution in [0.3, 0.4) is 0 Å². The van der Waals surface area contributed by atoms with Crippen LogP contribution < -0.4 is 15.6 Å². The van der Waals surface area contributed by atoms with E-state index in [2.05, 4.69) is 27.0 Å². The third-order valence-corrected chi connectivity index (χ3v) is 6.58. The first kappa shape index (κ1) is 20.3. The minimum Gasteiger partial charge on any atom is -0.476 e. The van der Waals surface area contributed by atoms with Gasteiger partial charge in [0.25, 0.3) is 0 Å². The molecule has 3 aromatic rings. The predicted octanol–water partition coefficient (Wildman–Crippen LogP) is 2.80. The van der Waals surface area contributed by atoms with Gasteiger partial charge in [0.15, 0.2) is 11.2 Å². The maximum atomic E-state index is 12.3. The number of hydrogen-bond acceptors (Lipinski definition) is 8. The maximum Gasteiger partial charge on any atom is 0.613 e. The highest BCUT2D eigenvalue weighted by Crippen LogP contribution is 2.57. The number of nitrogens with one attached hydrogen (secondary N) is 1. The quantitative estimate of drug-likeness (QED) is 0.505. The molecule has 2 aromatic heterocycles. The molecule has 162 valence electrons. The van der Waals surface area contributed by atoms with E-state index in [1.807, 2.05) is 41.8 Å². The molecule has 1 aromatic carbocycles. The molecule has 0 bridgehead atoms. The monoisotopic (exact) mass is 443 g/mol. The summed E-state index contributed by atoms with van der Waals surface area (Å²) < 4.78 is 31.7. The molecule has 31 heavy (non-hydrogen) atoms. The van der Waals surface area contributed by atoms with Crippen molar-refractivity contribution in [1.29, 1.82) is 0 Å². The van der Waals surface area contributed by atoms with Gasteiger partial charge < -0.3 is 15.2 Å². The van der Waals surface area contributed by atoms with E-state index < -0.39 is 8.18 Å². The highest BCUT2D eigenvalue weighted by atomic mass is 31.1. The van der Waals surface area contributed by atoms with Crippen LogP contribution >= 0.6 is 8.18 Å². The molecule has 0 spiro atoms. The van der Waals surface area contributed by atoms with Crippen LogP contribution in [0.5, 0.6) is 5.88 Å². The molecule has 6 atom stereocenters. The maximum absolute atomic E-state index is 12.3. The Labute approximate surface area is 180 Å². The highest BCUT2D eigenvalue weighted by Gasteiger charge is 2.67. The minimum absolute atomic E-state index is 0.111. The zero-order valence-corrected chi connectivity index (χ0v) is 18.1. The minimum atomic E-state index is -1.98. The Kier molecular flexibility index (Phi) is 5.31. The Bertz CT molecular complexity index is 1110. The van der Waals surface area contributed by atoms with E-state index in [4.69, 9.17) is 19.7 Å². The lowest BCUT2D eigenvalue weighted by molar-refractivity contribution is -0.0231. The molecule has 5 rings (SSSR count). The van der Waals surface area contributed by atoms with Crippen LogP contribution in [0.25, 0.3) is 11.2 Å². The fraction of sp³-hybridized carbons (Fsp3) is 0.450. The Hall–Kier alpha value is -2.65. The molecule has 1 saturated carbocycles. The Morgan fingerprint density at radius 3 is 2.81 bits per heavy atom. The summed E-state index contributed by atoms with van der Waals surface area (Å²) in [5.74, 6) is 0.764. The van der Waals surface area contributed by atoms with Crippen molar-refractivity contribution in [3.63, 3.8) is 0 Å². The summed E-state index contributed by atoms with van der Waals surface area (Å²) in [5, 5.41) is 2.93. The van der Waals surface area contributed by atoms with Crippen molar-refractivity contribution in [2.24, 2.45) is 11.8 Å². The second-order valence-corrected chi connectivity index (χ2v) is 8.76. The second-order valence-electron chi connectivity index (χ2n) is 7.72. The van der Waals surface area contributed by atoms with E-state index in [-0.39, 0.29) is 36.2 Å². The molecule has 1 aliphatic carbocycles. The largest absolute Gasteiger partial charge is 0.613 e. The lowest BCUT2D eigenvalue weighted by Crippen LogP contribution is -2.21. The zero-order chi connectivity index (χ0) is 21.5. The summed E-state index contributed by atoms with van der Waals surface area (Å²) in [6.07, 6.45) is 1.11. The number of imidazole rings is 1. The van der Waals surface area contributed by atoms with Gasteiger partial charge in [-0.15, -0.1) is 4.52 Å². The third-order valence-electron chi connectivity index (χ3n) is 5.73. The standard InChI is InChI=1S/C20H24N6O4P/c1-3-28-18-14-17(24-20(21)25-18)26(10-22-14)19-11(2)13-15(29-19)16(13)30-31(27)23-9-12-7-5-4-6-8-12/h4-8,10-11,13,15-16,19H,3,9H2,1-2H3,(H,23,27)(H2,21,24,25)/q+1. The zero-order valence-electron chi connectivity index (χ0n) is 17.2. The molecule has 11 heteroatoms. The topological polar surface area (TPSA) is 126 Å². The van der Waals surface area contributed by atoms with Crippen molar-refractivity contribution in [2.45, 2.75) is 38.8 Å². The molecule has 2 aliphatic rings. The van der Waals surface area contributed by atoms with Gasteiger partial charge in [-0.25, -0.2) is 4.98 Å². The number of anilines is 1.